The van der Waals surface area contributed by atoms with Gasteiger partial charge in [-0.3, -0.25) is 0 Å². The van der Waals surface area contributed by atoms with Crippen molar-refractivity contribution in [1.82, 2.24) is 5.32 Å². The molecule has 2 atom stereocenters. The Labute approximate surface area is 118 Å². The molecule has 2 unspecified atom stereocenters. The van der Waals surface area contributed by atoms with Crippen LogP contribution in [-0.4, -0.2) is 26.3 Å². The number of benzene rings is 1. The number of piperidine rings is 1. The summed E-state index contributed by atoms with van der Waals surface area (Å²) in [6.07, 6.45) is -3.27. The molecule has 1 aliphatic heterocycles. The molecule has 2 rings (SSSR count). The van der Waals surface area contributed by atoms with Gasteiger partial charge in [0.15, 0.2) is 0 Å². The largest absolute Gasteiger partial charge is 0.393 e. The standard InChI is InChI=1S/C15H21F3N2/c1-11(19-2)13-7-3-4-8-14(13)20-9-5-6-12(10-20)15(16,17)18/h3-4,7-8,11-12,19H,5-6,9-10H2,1-2H3. The second-order valence-corrected chi connectivity index (χ2v) is 5.40. The van der Waals surface area contributed by atoms with Crippen molar-refractivity contribution >= 4 is 5.69 Å². The number of nitrogens with zero attached hydrogens (tertiary/aromatic N) is 1. The first-order chi connectivity index (χ1) is 9.43. The lowest BCUT2D eigenvalue weighted by Gasteiger charge is -2.37. The minimum atomic E-state index is -4.10. The van der Waals surface area contributed by atoms with E-state index in [-0.39, 0.29) is 19.0 Å². The maximum Gasteiger partial charge on any atom is 0.393 e. The van der Waals surface area contributed by atoms with Crippen LogP contribution in [0, 0.1) is 5.92 Å². The SMILES string of the molecule is CNC(C)c1ccccc1N1CCCC(C(F)(F)F)C1. The number of nitrogens with one attached hydrogen (secondary N) is 1. The number of rotatable bonds is 3. The third kappa shape index (κ3) is 3.26. The molecule has 1 aromatic carbocycles. The van der Waals surface area contributed by atoms with Crippen molar-refractivity contribution in [3.8, 4) is 0 Å². The molecule has 1 aliphatic rings. The van der Waals surface area contributed by atoms with Gasteiger partial charge in [0.05, 0.1) is 5.92 Å². The second-order valence-electron chi connectivity index (χ2n) is 5.40. The zero-order valence-electron chi connectivity index (χ0n) is 11.9. The van der Waals surface area contributed by atoms with E-state index in [1.54, 1.807) is 0 Å². The first-order valence-electron chi connectivity index (χ1n) is 7.01. The Hall–Kier alpha value is -1.23. The summed E-state index contributed by atoms with van der Waals surface area (Å²) in [4.78, 5) is 1.88. The number of para-hydroxylation sites is 1. The van der Waals surface area contributed by atoms with E-state index in [2.05, 4.69) is 5.32 Å². The fraction of sp³-hybridized carbons (Fsp3) is 0.600. The predicted molar refractivity (Wildman–Crippen MR) is 74.9 cm³/mol. The quantitative estimate of drug-likeness (QED) is 0.910. The van der Waals surface area contributed by atoms with E-state index in [0.29, 0.717) is 13.0 Å². The average molecular weight is 286 g/mol. The molecule has 1 heterocycles. The van der Waals surface area contributed by atoms with Crippen LogP contribution in [0.1, 0.15) is 31.4 Å². The molecule has 0 saturated carbocycles. The molecule has 1 N–H and O–H groups in total. The van der Waals surface area contributed by atoms with Crippen LogP contribution < -0.4 is 10.2 Å². The Morgan fingerprint density at radius 1 is 1.30 bits per heavy atom. The maximum atomic E-state index is 12.9. The number of hydrogen-bond donors (Lipinski definition) is 1. The first kappa shape index (κ1) is 15.2. The van der Waals surface area contributed by atoms with E-state index >= 15 is 0 Å². The maximum absolute atomic E-state index is 12.9. The van der Waals surface area contributed by atoms with Gasteiger partial charge < -0.3 is 10.2 Å². The number of halogens is 3. The van der Waals surface area contributed by atoms with E-state index in [4.69, 9.17) is 0 Å². The number of alkyl halides is 3. The summed E-state index contributed by atoms with van der Waals surface area (Å²) >= 11 is 0. The Kier molecular flexibility index (Phi) is 4.58. The molecule has 0 radical (unpaired) electrons. The van der Waals surface area contributed by atoms with Gasteiger partial charge >= 0.3 is 6.18 Å². The minimum absolute atomic E-state index is 0.0664. The van der Waals surface area contributed by atoms with Gasteiger partial charge in [0.25, 0.3) is 0 Å². The highest BCUT2D eigenvalue weighted by Gasteiger charge is 2.42. The molecule has 0 aromatic heterocycles. The summed E-state index contributed by atoms with van der Waals surface area (Å²) < 4.78 is 38.7. The van der Waals surface area contributed by atoms with E-state index in [9.17, 15) is 13.2 Å². The van der Waals surface area contributed by atoms with Crippen molar-refractivity contribution in [2.24, 2.45) is 5.92 Å². The first-order valence-corrected chi connectivity index (χ1v) is 7.01. The van der Waals surface area contributed by atoms with Gasteiger partial charge in [0, 0.05) is 24.8 Å². The molecule has 1 saturated heterocycles. The molecule has 1 fully saturated rings. The van der Waals surface area contributed by atoms with Gasteiger partial charge in [-0.25, -0.2) is 0 Å². The highest BCUT2D eigenvalue weighted by Crippen LogP contribution is 2.36. The summed E-state index contributed by atoms with van der Waals surface area (Å²) in [7, 11) is 1.86. The van der Waals surface area contributed by atoms with Crippen molar-refractivity contribution in [3.63, 3.8) is 0 Å². The highest BCUT2D eigenvalue weighted by atomic mass is 19.4. The molecule has 112 valence electrons. The van der Waals surface area contributed by atoms with Crippen molar-refractivity contribution in [2.75, 3.05) is 25.0 Å². The summed E-state index contributed by atoms with van der Waals surface area (Å²) in [6, 6.07) is 7.84. The summed E-state index contributed by atoms with van der Waals surface area (Å²) in [5.41, 5.74) is 1.97. The lowest BCUT2D eigenvalue weighted by molar-refractivity contribution is -0.176. The van der Waals surface area contributed by atoms with Gasteiger partial charge in [0.1, 0.15) is 0 Å². The minimum Gasteiger partial charge on any atom is -0.371 e. The van der Waals surface area contributed by atoms with Gasteiger partial charge in [-0.05, 0) is 38.4 Å². The molecule has 2 nitrogen and oxygen atoms in total. The molecule has 0 amide bonds. The van der Waals surface area contributed by atoms with Crippen LogP contribution in [0.4, 0.5) is 18.9 Å². The Bertz CT molecular complexity index is 445. The number of hydrogen-bond acceptors (Lipinski definition) is 2. The monoisotopic (exact) mass is 286 g/mol. The molecular weight excluding hydrogens is 265 g/mol. The molecule has 0 bridgehead atoms. The van der Waals surface area contributed by atoms with Crippen LogP contribution in [-0.2, 0) is 0 Å². The lowest BCUT2D eigenvalue weighted by atomic mass is 9.95. The second kappa shape index (κ2) is 6.04. The zero-order chi connectivity index (χ0) is 14.8. The molecule has 20 heavy (non-hydrogen) atoms. The molecule has 0 spiro atoms. The van der Waals surface area contributed by atoms with Crippen molar-refractivity contribution in [3.05, 3.63) is 29.8 Å². The van der Waals surface area contributed by atoms with Gasteiger partial charge in [-0.2, -0.15) is 13.2 Å². The molecule has 1 aromatic rings. The normalized spacial score (nSPS) is 21.9. The average Bonchev–Trinajstić information content (AvgIpc) is 2.45. The van der Waals surface area contributed by atoms with Crippen LogP contribution in [0.3, 0.4) is 0 Å². The van der Waals surface area contributed by atoms with Gasteiger partial charge in [-0.1, -0.05) is 18.2 Å². The van der Waals surface area contributed by atoms with Crippen molar-refractivity contribution in [2.45, 2.75) is 32.0 Å². The smallest absolute Gasteiger partial charge is 0.371 e. The van der Waals surface area contributed by atoms with E-state index in [0.717, 1.165) is 11.3 Å². The third-order valence-corrected chi connectivity index (χ3v) is 4.06. The van der Waals surface area contributed by atoms with Crippen molar-refractivity contribution in [1.29, 1.82) is 0 Å². The molecular formula is C15H21F3N2. The highest BCUT2D eigenvalue weighted by molar-refractivity contribution is 5.55. The zero-order valence-corrected chi connectivity index (χ0v) is 11.9. The topological polar surface area (TPSA) is 15.3 Å². The predicted octanol–water partition coefficient (Wildman–Crippen LogP) is 3.75. The van der Waals surface area contributed by atoms with Crippen LogP contribution in [0.5, 0.6) is 0 Å². The number of anilines is 1. The summed E-state index contributed by atoms with van der Waals surface area (Å²) in [6.45, 7) is 2.78. The summed E-state index contributed by atoms with van der Waals surface area (Å²) in [5, 5.41) is 3.15. The molecule has 5 heteroatoms. The van der Waals surface area contributed by atoms with Gasteiger partial charge in [-0.15, -0.1) is 0 Å². The fourth-order valence-corrected chi connectivity index (χ4v) is 2.76. The van der Waals surface area contributed by atoms with E-state index in [1.807, 2.05) is 43.1 Å². The van der Waals surface area contributed by atoms with E-state index in [1.165, 1.54) is 0 Å². The Morgan fingerprint density at radius 3 is 2.65 bits per heavy atom. The Morgan fingerprint density at radius 2 is 2.00 bits per heavy atom. The Balaban J connectivity index is 2.23. The van der Waals surface area contributed by atoms with Gasteiger partial charge in [0.2, 0.25) is 0 Å². The van der Waals surface area contributed by atoms with Crippen LogP contribution in [0.25, 0.3) is 0 Å². The summed E-state index contributed by atoms with van der Waals surface area (Å²) in [5.74, 6) is -1.21. The lowest BCUT2D eigenvalue weighted by Crippen LogP contribution is -2.42. The third-order valence-electron chi connectivity index (χ3n) is 4.06. The van der Waals surface area contributed by atoms with Crippen LogP contribution in [0.15, 0.2) is 24.3 Å². The van der Waals surface area contributed by atoms with Crippen LogP contribution >= 0.6 is 0 Å². The fourth-order valence-electron chi connectivity index (χ4n) is 2.76. The van der Waals surface area contributed by atoms with Crippen LogP contribution in [0.2, 0.25) is 0 Å². The van der Waals surface area contributed by atoms with Crippen molar-refractivity contribution < 1.29 is 13.2 Å². The van der Waals surface area contributed by atoms with E-state index < -0.39 is 12.1 Å². The molecule has 0 aliphatic carbocycles.